The molecule has 0 N–H and O–H groups in total. The van der Waals surface area contributed by atoms with E-state index in [9.17, 15) is 0 Å². The molecule has 0 spiro atoms. The van der Waals surface area contributed by atoms with Gasteiger partial charge in [-0.15, -0.1) is 0 Å². The van der Waals surface area contributed by atoms with Crippen LogP contribution < -0.4 is 9.92 Å². The summed E-state index contributed by atoms with van der Waals surface area (Å²) in [5.41, 5.74) is 6.13. The Labute approximate surface area is 167 Å². The van der Waals surface area contributed by atoms with E-state index in [-0.39, 0.29) is 5.41 Å². The van der Waals surface area contributed by atoms with Gasteiger partial charge in [-0.2, -0.15) is 0 Å². The maximum absolute atomic E-state index is 6.32. The maximum atomic E-state index is 6.32. The first-order valence-electron chi connectivity index (χ1n) is 9.86. The molecule has 1 atom stereocenters. The molecule has 1 aromatic rings. The highest BCUT2D eigenvalue weighted by Gasteiger charge is 2.43. The molecule has 1 aliphatic rings. The number of nitrogens with zero attached hydrogens (tertiary/aromatic N) is 1. The topological polar surface area (TPSA) is 12.5 Å². The minimum absolute atomic E-state index is 0.0354. The maximum Gasteiger partial charge on any atom is 0.122 e. The van der Waals surface area contributed by atoms with Crippen molar-refractivity contribution in [3.8, 4) is 5.75 Å². The molecule has 0 saturated heterocycles. The molecule has 0 aromatic heterocycles. The van der Waals surface area contributed by atoms with Crippen LogP contribution in [0.15, 0.2) is 53.8 Å². The molecule has 0 amide bonds. The second kappa shape index (κ2) is 7.71. The summed E-state index contributed by atoms with van der Waals surface area (Å²) < 4.78 is 6.32. The van der Waals surface area contributed by atoms with Gasteiger partial charge in [-0.1, -0.05) is 75.9 Å². The number of allylic oxidation sites excluding steroid dienone is 3. The van der Waals surface area contributed by atoms with E-state index in [1.807, 2.05) is 6.08 Å². The van der Waals surface area contributed by atoms with Gasteiger partial charge in [-0.3, -0.25) is 0 Å². The standard InChI is InChI=1S/C24H37NOSi/c1-11-15-26-22-19(24(4,5)6)13-12-14-21(22)27(9,10)23-18(3)17(2)16-20(23)25(7)8/h11-14,16,23H,1,15H2,2-10H3. The third kappa shape index (κ3) is 4.08. The highest BCUT2D eigenvalue weighted by molar-refractivity contribution is 6.92. The second-order valence-corrected chi connectivity index (χ2v) is 14.1. The van der Waals surface area contributed by atoms with Gasteiger partial charge in [0.05, 0.1) is 8.07 Å². The summed E-state index contributed by atoms with van der Waals surface area (Å²) in [6, 6.07) is 6.73. The fourth-order valence-electron chi connectivity index (χ4n) is 4.26. The van der Waals surface area contributed by atoms with Crippen LogP contribution in [-0.2, 0) is 5.41 Å². The zero-order valence-electron chi connectivity index (χ0n) is 18.7. The molecule has 0 aliphatic heterocycles. The quantitative estimate of drug-likeness (QED) is 0.466. The van der Waals surface area contributed by atoms with Crippen molar-refractivity contribution < 1.29 is 4.74 Å². The van der Waals surface area contributed by atoms with Gasteiger partial charge in [0.1, 0.15) is 12.4 Å². The molecule has 0 heterocycles. The highest BCUT2D eigenvalue weighted by Crippen LogP contribution is 2.45. The van der Waals surface area contributed by atoms with Crippen molar-refractivity contribution in [2.24, 2.45) is 0 Å². The van der Waals surface area contributed by atoms with Gasteiger partial charge in [0.2, 0.25) is 0 Å². The average molecular weight is 384 g/mol. The zero-order chi connectivity index (χ0) is 20.6. The molecule has 0 bridgehead atoms. The van der Waals surface area contributed by atoms with Crippen molar-refractivity contribution in [3.63, 3.8) is 0 Å². The first-order chi connectivity index (χ1) is 12.4. The summed E-state index contributed by atoms with van der Waals surface area (Å²) in [6.07, 6.45) is 4.21. The molecule has 2 nitrogen and oxygen atoms in total. The zero-order valence-corrected chi connectivity index (χ0v) is 19.7. The highest BCUT2D eigenvalue weighted by atomic mass is 28.3. The lowest BCUT2D eigenvalue weighted by molar-refractivity contribution is 0.354. The summed E-state index contributed by atoms with van der Waals surface area (Å²) in [5.74, 6) is 1.08. The number of para-hydroxylation sites is 1. The van der Waals surface area contributed by atoms with Gasteiger partial charge in [0.15, 0.2) is 0 Å². The van der Waals surface area contributed by atoms with E-state index in [1.54, 1.807) is 0 Å². The van der Waals surface area contributed by atoms with Gasteiger partial charge in [0, 0.05) is 25.3 Å². The number of benzene rings is 1. The Morgan fingerprint density at radius 3 is 2.33 bits per heavy atom. The largest absolute Gasteiger partial charge is 0.489 e. The van der Waals surface area contributed by atoms with Gasteiger partial charge in [-0.05, 0) is 36.1 Å². The van der Waals surface area contributed by atoms with E-state index in [2.05, 4.69) is 97.6 Å². The molecule has 0 saturated carbocycles. The Kier molecular flexibility index (Phi) is 6.15. The predicted octanol–water partition coefficient (Wildman–Crippen LogP) is 5.63. The predicted molar refractivity (Wildman–Crippen MR) is 122 cm³/mol. The number of hydrogen-bond acceptors (Lipinski definition) is 2. The molecule has 0 fully saturated rings. The third-order valence-corrected chi connectivity index (χ3v) is 9.77. The third-order valence-electron chi connectivity index (χ3n) is 5.82. The molecule has 27 heavy (non-hydrogen) atoms. The van der Waals surface area contributed by atoms with Crippen LogP contribution in [0, 0.1) is 0 Å². The number of ether oxygens (including phenoxy) is 1. The van der Waals surface area contributed by atoms with Crippen molar-refractivity contribution in [2.75, 3.05) is 20.7 Å². The summed E-state index contributed by atoms with van der Waals surface area (Å²) in [4.78, 5) is 2.29. The van der Waals surface area contributed by atoms with Crippen LogP contribution in [0.25, 0.3) is 0 Å². The average Bonchev–Trinajstić information content (AvgIpc) is 2.88. The Morgan fingerprint density at radius 2 is 1.81 bits per heavy atom. The van der Waals surface area contributed by atoms with E-state index < -0.39 is 8.07 Å². The van der Waals surface area contributed by atoms with Crippen LogP contribution in [-0.4, -0.2) is 33.7 Å². The minimum Gasteiger partial charge on any atom is -0.489 e. The lowest BCUT2D eigenvalue weighted by atomic mass is 9.86. The van der Waals surface area contributed by atoms with Crippen LogP contribution in [0.5, 0.6) is 5.75 Å². The molecule has 148 valence electrons. The molecule has 1 aromatic carbocycles. The van der Waals surface area contributed by atoms with Gasteiger partial charge in [-0.25, -0.2) is 0 Å². The van der Waals surface area contributed by atoms with E-state index in [0.29, 0.717) is 12.1 Å². The molecule has 0 radical (unpaired) electrons. The fraction of sp³-hybridized carbons (Fsp3) is 0.500. The lowest BCUT2D eigenvalue weighted by Crippen LogP contribution is -2.49. The monoisotopic (exact) mass is 383 g/mol. The normalized spacial score (nSPS) is 17.8. The fourth-order valence-corrected chi connectivity index (χ4v) is 8.28. The van der Waals surface area contributed by atoms with Crippen LogP contribution >= 0.6 is 0 Å². The van der Waals surface area contributed by atoms with Crippen LogP contribution in [0.2, 0.25) is 18.6 Å². The SMILES string of the molecule is C=CCOc1c(C(C)(C)C)cccc1[Si](C)(C)C1C(N(C)C)=CC(C)=C1C. The molecule has 3 heteroatoms. The van der Waals surface area contributed by atoms with Crippen LogP contribution in [0.4, 0.5) is 0 Å². The first-order valence-corrected chi connectivity index (χ1v) is 12.9. The van der Waals surface area contributed by atoms with Crippen molar-refractivity contribution in [1.29, 1.82) is 0 Å². The van der Waals surface area contributed by atoms with E-state index in [1.165, 1.54) is 27.6 Å². The summed E-state index contributed by atoms with van der Waals surface area (Å²) in [7, 11) is 2.42. The Bertz CT molecular complexity index is 778. The van der Waals surface area contributed by atoms with E-state index in [4.69, 9.17) is 4.74 Å². The van der Waals surface area contributed by atoms with Crippen molar-refractivity contribution in [1.82, 2.24) is 4.90 Å². The Hall–Kier alpha value is -1.74. The summed E-state index contributed by atoms with van der Waals surface area (Å²) >= 11 is 0. The lowest BCUT2D eigenvalue weighted by Gasteiger charge is -2.38. The Balaban J connectivity index is 2.68. The van der Waals surface area contributed by atoms with Gasteiger partial charge >= 0.3 is 0 Å². The second-order valence-electron chi connectivity index (χ2n) is 9.52. The summed E-state index contributed by atoms with van der Waals surface area (Å²) in [5, 5.41) is 1.41. The molecule has 1 unspecified atom stereocenters. The molecular weight excluding hydrogens is 346 g/mol. The smallest absolute Gasteiger partial charge is 0.122 e. The first kappa shape index (κ1) is 21.6. The minimum atomic E-state index is -1.91. The summed E-state index contributed by atoms with van der Waals surface area (Å²) in [6.45, 7) is 20.7. The van der Waals surface area contributed by atoms with Crippen molar-refractivity contribution >= 4 is 13.3 Å². The van der Waals surface area contributed by atoms with E-state index >= 15 is 0 Å². The van der Waals surface area contributed by atoms with Crippen LogP contribution in [0.1, 0.15) is 40.2 Å². The van der Waals surface area contributed by atoms with Crippen molar-refractivity contribution in [2.45, 2.75) is 58.7 Å². The Morgan fingerprint density at radius 1 is 1.19 bits per heavy atom. The van der Waals surface area contributed by atoms with Gasteiger partial charge in [0.25, 0.3) is 0 Å². The molecular formula is C24H37NOSi. The number of hydrogen-bond donors (Lipinski definition) is 0. The van der Waals surface area contributed by atoms with E-state index in [0.717, 1.165) is 5.75 Å². The van der Waals surface area contributed by atoms with Crippen LogP contribution in [0.3, 0.4) is 0 Å². The number of rotatable bonds is 6. The molecule has 2 rings (SSSR count). The molecule has 1 aliphatic carbocycles. The van der Waals surface area contributed by atoms with Gasteiger partial charge < -0.3 is 9.64 Å². The van der Waals surface area contributed by atoms with Crippen molar-refractivity contribution in [3.05, 3.63) is 59.3 Å².